The van der Waals surface area contributed by atoms with Gasteiger partial charge in [0.1, 0.15) is 11.2 Å². The second-order valence-corrected chi connectivity index (χ2v) is 12.1. The van der Waals surface area contributed by atoms with Crippen molar-refractivity contribution in [2.45, 2.75) is 0 Å². The average molecular weight is 646 g/mol. The molecule has 3 aromatic heterocycles. The highest BCUT2D eigenvalue weighted by Gasteiger charge is 2.19. The molecule has 7 aromatic carbocycles. The first-order valence-electron chi connectivity index (χ1n) is 18.8. The third-order valence-electron chi connectivity index (χ3n) is 9.14. The highest BCUT2D eigenvalue weighted by molar-refractivity contribution is 6.13. The van der Waals surface area contributed by atoms with Crippen molar-refractivity contribution in [3.8, 4) is 51.0 Å². The average Bonchev–Trinajstić information content (AvgIpc) is 3.78. The number of rotatable bonds is 5. The van der Waals surface area contributed by atoms with Gasteiger partial charge < -0.3 is 8.98 Å². The first-order chi connectivity index (χ1) is 26.9. The molecule has 0 N–H and O–H groups in total. The zero-order valence-corrected chi connectivity index (χ0v) is 26.5. The van der Waals surface area contributed by atoms with Gasteiger partial charge in [-0.2, -0.15) is 0 Å². The number of nitrogens with zero attached hydrogens (tertiary/aromatic N) is 4. The molecule has 0 unspecified atom stereocenters. The first-order valence-corrected chi connectivity index (χ1v) is 16.3. The molecule has 0 bridgehead atoms. The van der Waals surface area contributed by atoms with Crippen LogP contribution in [0.2, 0.25) is 0 Å². The van der Waals surface area contributed by atoms with E-state index in [2.05, 4.69) is 71.3 Å². The molecule has 234 valence electrons. The summed E-state index contributed by atoms with van der Waals surface area (Å²) in [5, 5.41) is 4.16. The van der Waals surface area contributed by atoms with Gasteiger partial charge >= 0.3 is 0 Å². The van der Waals surface area contributed by atoms with Gasteiger partial charge in [0.15, 0.2) is 17.5 Å². The molecule has 0 aliphatic rings. The maximum atomic E-state index is 8.57. The fourth-order valence-electron chi connectivity index (χ4n) is 6.89. The predicted octanol–water partition coefficient (Wildman–Crippen LogP) is 11.5. The van der Waals surface area contributed by atoms with E-state index in [0.29, 0.717) is 34.2 Å². The molecule has 5 nitrogen and oxygen atoms in total. The van der Waals surface area contributed by atoms with Crippen molar-refractivity contribution in [3.05, 3.63) is 170 Å². The molecule has 0 fully saturated rings. The smallest absolute Gasteiger partial charge is 0.164 e. The molecule has 0 aliphatic carbocycles. The highest BCUT2D eigenvalue weighted by atomic mass is 16.3. The zero-order valence-electron chi connectivity index (χ0n) is 31.5. The lowest BCUT2D eigenvalue weighted by Gasteiger charge is -2.10. The van der Waals surface area contributed by atoms with Gasteiger partial charge in [-0.15, -0.1) is 0 Å². The van der Waals surface area contributed by atoms with Crippen molar-refractivity contribution < 1.29 is 11.3 Å². The Morgan fingerprint density at radius 3 is 1.88 bits per heavy atom. The van der Waals surface area contributed by atoms with Gasteiger partial charge in [0.25, 0.3) is 0 Å². The van der Waals surface area contributed by atoms with Crippen molar-refractivity contribution in [2.75, 3.05) is 0 Å². The van der Waals surface area contributed by atoms with Gasteiger partial charge in [0, 0.05) is 50.0 Å². The maximum Gasteiger partial charge on any atom is 0.164 e. The van der Waals surface area contributed by atoms with Gasteiger partial charge in [-0.3, -0.25) is 0 Å². The quantitative estimate of drug-likeness (QED) is 0.187. The Balaban J connectivity index is 1.16. The fourth-order valence-corrected chi connectivity index (χ4v) is 6.89. The van der Waals surface area contributed by atoms with Crippen molar-refractivity contribution in [3.63, 3.8) is 0 Å². The van der Waals surface area contributed by atoms with E-state index in [1.54, 1.807) is 18.2 Å². The predicted molar refractivity (Wildman–Crippen MR) is 203 cm³/mol. The lowest BCUT2D eigenvalue weighted by atomic mass is 10.0. The summed E-state index contributed by atoms with van der Waals surface area (Å²) in [5.74, 6) is 1.28. The summed E-state index contributed by atoms with van der Waals surface area (Å²) in [6, 6.07) is 44.0. The highest BCUT2D eigenvalue weighted by Crippen LogP contribution is 2.39. The summed E-state index contributed by atoms with van der Waals surface area (Å²) < 4.78 is 50.5. The number of benzene rings is 7. The Morgan fingerprint density at radius 2 is 1.10 bits per heavy atom. The molecule has 5 heteroatoms. The van der Waals surface area contributed by atoms with E-state index >= 15 is 0 Å². The van der Waals surface area contributed by atoms with Gasteiger partial charge in [0.05, 0.1) is 17.9 Å². The number of fused-ring (bicyclic) bond motifs is 6. The standard InChI is InChI=1S/C45H28N4O/c1-3-13-29(14-4-1)31-17-11-18-32(27-31)44-46-43(30-15-5-2-6-16-30)47-45(48-44)37-21-12-24-40-42(37)36-26-25-33(28-41(36)50-40)49-38-22-9-7-19-34(38)35-20-8-10-23-39(35)49/h1-28H/i1D,3D,4D,13D,14D. The Kier molecular flexibility index (Phi) is 5.35. The third kappa shape index (κ3) is 4.60. The summed E-state index contributed by atoms with van der Waals surface area (Å²) >= 11 is 0. The van der Waals surface area contributed by atoms with Crippen LogP contribution >= 0.6 is 0 Å². The van der Waals surface area contributed by atoms with Crippen LogP contribution < -0.4 is 0 Å². The Bertz CT molecular complexity index is 3090. The van der Waals surface area contributed by atoms with Crippen molar-refractivity contribution >= 4 is 43.7 Å². The van der Waals surface area contributed by atoms with Crippen molar-refractivity contribution in [2.24, 2.45) is 0 Å². The maximum absolute atomic E-state index is 8.57. The van der Waals surface area contributed by atoms with E-state index in [9.17, 15) is 0 Å². The third-order valence-corrected chi connectivity index (χ3v) is 9.14. The van der Waals surface area contributed by atoms with Crippen LogP contribution in [0.4, 0.5) is 0 Å². The molecule has 0 saturated heterocycles. The van der Waals surface area contributed by atoms with Crippen LogP contribution in [0.3, 0.4) is 0 Å². The van der Waals surface area contributed by atoms with Gasteiger partial charge in [-0.25, -0.2) is 15.0 Å². The summed E-state index contributed by atoms with van der Waals surface area (Å²) in [6.07, 6.45) is 0. The van der Waals surface area contributed by atoms with Gasteiger partial charge in [0.2, 0.25) is 0 Å². The number of aromatic nitrogens is 4. The van der Waals surface area contributed by atoms with Crippen molar-refractivity contribution in [1.82, 2.24) is 19.5 Å². The van der Waals surface area contributed by atoms with Crippen LogP contribution in [0.25, 0.3) is 94.7 Å². The second kappa shape index (κ2) is 11.4. The van der Waals surface area contributed by atoms with Crippen LogP contribution in [-0.4, -0.2) is 19.5 Å². The van der Waals surface area contributed by atoms with E-state index in [0.717, 1.165) is 44.2 Å². The number of hydrogen-bond acceptors (Lipinski definition) is 4. The molecule has 10 rings (SSSR count). The van der Waals surface area contributed by atoms with Gasteiger partial charge in [-0.1, -0.05) is 127 Å². The van der Waals surface area contributed by atoms with E-state index in [4.69, 9.17) is 26.2 Å². The largest absolute Gasteiger partial charge is 0.456 e. The summed E-state index contributed by atoms with van der Waals surface area (Å²) in [7, 11) is 0. The lowest BCUT2D eigenvalue weighted by molar-refractivity contribution is 0.668. The van der Waals surface area contributed by atoms with Crippen molar-refractivity contribution in [1.29, 1.82) is 0 Å². The minimum Gasteiger partial charge on any atom is -0.456 e. The van der Waals surface area contributed by atoms with Gasteiger partial charge in [-0.05, 0) is 47.5 Å². The number of hydrogen-bond donors (Lipinski definition) is 0. The summed E-state index contributed by atoms with van der Waals surface area (Å²) in [4.78, 5) is 14.9. The zero-order chi connectivity index (χ0) is 37.4. The Hall–Kier alpha value is -6.85. The second-order valence-electron chi connectivity index (χ2n) is 12.1. The Morgan fingerprint density at radius 1 is 0.460 bits per heavy atom. The van der Waals surface area contributed by atoms with E-state index in [-0.39, 0.29) is 17.6 Å². The molecule has 10 aromatic rings. The molecule has 0 spiro atoms. The molecular weight excluding hydrogens is 613 g/mol. The van der Waals surface area contributed by atoms with Crippen LogP contribution in [0, 0.1) is 0 Å². The van der Waals surface area contributed by atoms with E-state index < -0.39 is 18.1 Å². The molecule has 0 saturated carbocycles. The monoisotopic (exact) mass is 645 g/mol. The SMILES string of the molecule is [2H]c1c([2H])c([2H])c(-c2cccc(-c3nc(-c4ccccc4)nc(-c4cccc5oc6cc(-n7c8ccccc8c8ccccc87)ccc6c45)n3)c2)c([2H])c1[2H]. The molecule has 0 atom stereocenters. The minimum absolute atomic E-state index is 0.111. The molecular formula is C45H28N4O. The first kappa shape index (κ1) is 23.5. The fraction of sp³-hybridized carbons (Fsp3) is 0. The normalized spacial score (nSPS) is 13.0. The Labute approximate surface area is 294 Å². The number of para-hydroxylation sites is 2. The van der Waals surface area contributed by atoms with Crippen LogP contribution in [0.5, 0.6) is 0 Å². The van der Waals surface area contributed by atoms with Crippen LogP contribution in [0.1, 0.15) is 6.85 Å². The molecule has 0 aliphatic heterocycles. The molecule has 50 heavy (non-hydrogen) atoms. The molecule has 0 radical (unpaired) electrons. The van der Waals surface area contributed by atoms with Crippen LogP contribution in [-0.2, 0) is 0 Å². The molecule has 0 amide bonds. The molecule has 3 heterocycles. The van der Waals surface area contributed by atoms with E-state index in [1.807, 2.05) is 54.6 Å². The summed E-state index contributed by atoms with van der Waals surface area (Å²) in [6.45, 7) is 0. The van der Waals surface area contributed by atoms with Crippen LogP contribution in [0.15, 0.2) is 174 Å². The number of furan rings is 1. The van der Waals surface area contributed by atoms with E-state index in [1.165, 1.54) is 10.8 Å². The summed E-state index contributed by atoms with van der Waals surface area (Å²) in [5.41, 5.74) is 7.37. The lowest BCUT2D eigenvalue weighted by Crippen LogP contribution is -2.00. The minimum atomic E-state index is -0.437. The topological polar surface area (TPSA) is 56.7 Å².